The highest BCUT2D eigenvalue weighted by Crippen LogP contribution is 2.16. The molecule has 132 valence electrons. The molecule has 0 fully saturated rings. The van der Waals surface area contributed by atoms with Gasteiger partial charge in [-0.15, -0.1) is 0 Å². The molecule has 0 saturated carbocycles. The van der Waals surface area contributed by atoms with Crippen LogP contribution in [0.4, 0.5) is 11.4 Å². The van der Waals surface area contributed by atoms with Gasteiger partial charge in [0.2, 0.25) is 11.8 Å². The van der Waals surface area contributed by atoms with Crippen LogP contribution in [0, 0.1) is 5.92 Å². The Bertz CT molecular complexity index is 727. The fourth-order valence-corrected chi connectivity index (χ4v) is 2.07. The molecule has 0 radical (unpaired) electrons. The first-order valence-corrected chi connectivity index (χ1v) is 8.10. The standard InChI is InChI=1S/C19H23N3O3/c1-13(2)12-25-17-8-6-15(7-9-17)22-18(23)11-21-16-5-3-4-14(10-16)19(20)24/h3-10,13,21H,11-12H2,1-2H3,(H2,20,24)(H,22,23). The quantitative estimate of drug-likeness (QED) is 0.688. The lowest BCUT2D eigenvalue weighted by Crippen LogP contribution is -2.22. The van der Waals surface area contributed by atoms with Gasteiger partial charge in [0.05, 0.1) is 13.2 Å². The van der Waals surface area contributed by atoms with Crippen LogP contribution in [0.3, 0.4) is 0 Å². The molecule has 0 aliphatic rings. The number of carbonyl (C=O) groups excluding carboxylic acids is 2. The molecule has 0 atom stereocenters. The summed E-state index contributed by atoms with van der Waals surface area (Å²) in [6, 6.07) is 13.9. The molecule has 0 aromatic heterocycles. The van der Waals surface area contributed by atoms with Crippen molar-refractivity contribution in [2.75, 3.05) is 23.8 Å². The lowest BCUT2D eigenvalue weighted by Gasteiger charge is -2.11. The number of nitrogens with two attached hydrogens (primary N) is 1. The smallest absolute Gasteiger partial charge is 0.248 e. The van der Waals surface area contributed by atoms with Crippen LogP contribution in [-0.4, -0.2) is 25.0 Å². The highest BCUT2D eigenvalue weighted by atomic mass is 16.5. The van der Waals surface area contributed by atoms with E-state index < -0.39 is 5.91 Å². The first-order chi connectivity index (χ1) is 11.9. The molecule has 4 N–H and O–H groups in total. The molecule has 6 nitrogen and oxygen atoms in total. The van der Waals surface area contributed by atoms with Gasteiger partial charge in [0, 0.05) is 16.9 Å². The topological polar surface area (TPSA) is 93.4 Å². The second kappa shape index (κ2) is 8.73. The summed E-state index contributed by atoms with van der Waals surface area (Å²) in [4.78, 5) is 23.2. The van der Waals surface area contributed by atoms with Crippen molar-refractivity contribution in [2.45, 2.75) is 13.8 Å². The van der Waals surface area contributed by atoms with Gasteiger partial charge in [0.1, 0.15) is 5.75 Å². The van der Waals surface area contributed by atoms with Crippen molar-refractivity contribution >= 4 is 23.2 Å². The highest BCUT2D eigenvalue weighted by molar-refractivity contribution is 5.95. The maximum atomic E-state index is 12.0. The number of hydrogen-bond donors (Lipinski definition) is 3. The molecular formula is C19H23N3O3. The van der Waals surface area contributed by atoms with Crippen molar-refractivity contribution in [1.82, 2.24) is 0 Å². The first-order valence-electron chi connectivity index (χ1n) is 8.10. The summed E-state index contributed by atoms with van der Waals surface area (Å²) in [7, 11) is 0. The minimum atomic E-state index is -0.507. The third-order valence-electron chi connectivity index (χ3n) is 3.32. The molecule has 0 aliphatic heterocycles. The maximum Gasteiger partial charge on any atom is 0.248 e. The van der Waals surface area contributed by atoms with E-state index in [-0.39, 0.29) is 12.5 Å². The van der Waals surface area contributed by atoms with E-state index in [1.807, 2.05) is 12.1 Å². The SMILES string of the molecule is CC(C)COc1ccc(NC(=O)CNc2cccc(C(N)=O)c2)cc1. The fraction of sp³-hybridized carbons (Fsp3) is 0.263. The molecule has 0 heterocycles. The summed E-state index contributed by atoms with van der Waals surface area (Å²) < 4.78 is 5.60. The van der Waals surface area contributed by atoms with Crippen LogP contribution in [0.25, 0.3) is 0 Å². The number of anilines is 2. The average Bonchev–Trinajstić information content (AvgIpc) is 2.59. The second-order valence-electron chi connectivity index (χ2n) is 6.08. The second-order valence-corrected chi connectivity index (χ2v) is 6.08. The third kappa shape index (κ3) is 6.18. The summed E-state index contributed by atoms with van der Waals surface area (Å²) in [5, 5.41) is 5.75. The number of primary amides is 1. The van der Waals surface area contributed by atoms with Crippen molar-refractivity contribution in [3.05, 3.63) is 54.1 Å². The summed E-state index contributed by atoms with van der Waals surface area (Å²) in [6.07, 6.45) is 0. The van der Waals surface area contributed by atoms with Gasteiger partial charge in [0.25, 0.3) is 0 Å². The summed E-state index contributed by atoms with van der Waals surface area (Å²) in [6.45, 7) is 4.90. The molecule has 0 unspecified atom stereocenters. The number of nitrogens with one attached hydrogen (secondary N) is 2. The van der Waals surface area contributed by atoms with E-state index >= 15 is 0 Å². The number of benzene rings is 2. The van der Waals surface area contributed by atoms with Gasteiger partial charge in [-0.05, 0) is 48.4 Å². The van der Waals surface area contributed by atoms with Gasteiger partial charge in [0.15, 0.2) is 0 Å². The maximum absolute atomic E-state index is 12.0. The Kier molecular flexibility index (Phi) is 6.39. The minimum Gasteiger partial charge on any atom is -0.493 e. The Labute approximate surface area is 147 Å². The third-order valence-corrected chi connectivity index (χ3v) is 3.32. The van der Waals surface area contributed by atoms with E-state index in [2.05, 4.69) is 24.5 Å². The van der Waals surface area contributed by atoms with E-state index in [0.717, 1.165) is 5.75 Å². The van der Waals surface area contributed by atoms with Crippen molar-refractivity contribution in [3.63, 3.8) is 0 Å². The molecule has 0 bridgehead atoms. The minimum absolute atomic E-state index is 0.0772. The number of hydrogen-bond acceptors (Lipinski definition) is 4. The van der Waals surface area contributed by atoms with E-state index in [0.29, 0.717) is 29.5 Å². The molecule has 2 rings (SSSR count). The lowest BCUT2D eigenvalue weighted by atomic mass is 10.2. The Morgan fingerprint density at radius 1 is 1.08 bits per heavy atom. The van der Waals surface area contributed by atoms with Crippen molar-refractivity contribution in [3.8, 4) is 5.75 Å². The van der Waals surface area contributed by atoms with Crippen molar-refractivity contribution in [1.29, 1.82) is 0 Å². The Hall–Kier alpha value is -3.02. The van der Waals surface area contributed by atoms with Crippen molar-refractivity contribution in [2.24, 2.45) is 11.7 Å². The van der Waals surface area contributed by atoms with E-state index in [4.69, 9.17) is 10.5 Å². The molecule has 25 heavy (non-hydrogen) atoms. The van der Waals surface area contributed by atoms with Crippen LogP contribution in [0.15, 0.2) is 48.5 Å². The first kappa shape index (κ1) is 18.3. The van der Waals surface area contributed by atoms with Crippen LogP contribution in [0.1, 0.15) is 24.2 Å². The predicted molar refractivity (Wildman–Crippen MR) is 98.9 cm³/mol. The number of ether oxygens (including phenoxy) is 1. The molecule has 2 aromatic rings. The fourth-order valence-electron chi connectivity index (χ4n) is 2.07. The Balaban J connectivity index is 1.84. The van der Waals surface area contributed by atoms with Crippen molar-refractivity contribution < 1.29 is 14.3 Å². The number of amides is 2. The van der Waals surface area contributed by atoms with E-state index in [1.54, 1.807) is 36.4 Å². The lowest BCUT2D eigenvalue weighted by molar-refractivity contribution is -0.114. The van der Waals surface area contributed by atoms with Gasteiger partial charge in [-0.25, -0.2) is 0 Å². The zero-order chi connectivity index (χ0) is 18.2. The molecular weight excluding hydrogens is 318 g/mol. The van der Waals surface area contributed by atoms with Crippen LogP contribution < -0.4 is 21.1 Å². The normalized spacial score (nSPS) is 10.4. The molecule has 2 amide bonds. The summed E-state index contributed by atoms with van der Waals surface area (Å²) >= 11 is 0. The van der Waals surface area contributed by atoms with E-state index in [9.17, 15) is 9.59 Å². The molecule has 0 spiro atoms. The predicted octanol–water partition coefficient (Wildman–Crippen LogP) is 2.87. The zero-order valence-corrected chi connectivity index (χ0v) is 14.4. The molecule has 0 aliphatic carbocycles. The Morgan fingerprint density at radius 3 is 2.44 bits per heavy atom. The van der Waals surface area contributed by atoms with Gasteiger partial charge in [-0.1, -0.05) is 19.9 Å². The summed E-state index contributed by atoms with van der Waals surface area (Å²) in [5.74, 6) is 0.528. The highest BCUT2D eigenvalue weighted by Gasteiger charge is 2.05. The van der Waals surface area contributed by atoms with Crippen LogP contribution in [-0.2, 0) is 4.79 Å². The van der Waals surface area contributed by atoms with Gasteiger partial charge >= 0.3 is 0 Å². The van der Waals surface area contributed by atoms with Crippen LogP contribution in [0.2, 0.25) is 0 Å². The summed E-state index contributed by atoms with van der Waals surface area (Å²) in [5.41, 5.74) is 6.97. The van der Waals surface area contributed by atoms with Gasteiger partial charge in [-0.3, -0.25) is 9.59 Å². The Morgan fingerprint density at radius 2 is 1.80 bits per heavy atom. The largest absolute Gasteiger partial charge is 0.493 e. The average molecular weight is 341 g/mol. The number of rotatable bonds is 8. The molecule has 2 aromatic carbocycles. The van der Waals surface area contributed by atoms with Crippen LogP contribution in [0.5, 0.6) is 5.75 Å². The van der Waals surface area contributed by atoms with Gasteiger partial charge in [-0.2, -0.15) is 0 Å². The molecule has 0 saturated heterocycles. The van der Waals surface area contributed by atoms with Crippen LogP contribution >= 0.6 is 0 Å². The molecule has 6 heteroatoms. The zero-order valence-electron chi connectivity index (χ0n) is 14.4. The monoisotopic (exact) mass is 341 g/mol. The van der Waals surface area contributed by atoms with Gasteiger partial charge < -0.3 is 21.1 Å². The number of carbonyl (C=O) groups is 2. The van der Waals surface area contributed by atoms with E-state index in [1.165, 1.54) is 0 Å².